The average molecular weight is 429 g/mol. The van der Waals surface area contributed by atoms with Crippen molar-refractivity contribution in [3.63, 3.8) is 0 Å². The van der Waals surface area contributed by atoms with Gasteiger partial charge in [0.2, 0.25) is 0 Å². The fraction of sp³-hybridized carbons (Fsp3) is 0.273. The summed E-state index contributed by atoms with van der Waals surface area (Å²) in [5, 5.41) is 12.0. The lowest BCUT2D eigenvalue weighted by Crippen LogP contribution is -2.19. The lowest BCUT2D eigenvalue weighted by molar-refractivity contribution is -0.132. The third kappa shape index (κ3) is 6.36. The Morgan fingerprint density at radius 2 is 1.55 bits per heavy atom. The van der Waals surface area contributed by atoms with Crippen LogP contribution in [0.5, 0.6) is 0 Å². The quantitative estimate of drug-likeness (QED) is 0.326. The molecule has 0 saturated carbocycles. The molecule has 2 aromatic rings. The molecule has 0 aliphatic carbocycles. The number of carbonyl (C=O) groups is 1. The summed E-state index contributed by atoms with van der Waals surface area (Å²) in [6, 6.07) is 12.8. The minimum atomic E-state index is -0.641. The van der Waals surface area contributed by atoms with E-state index in [-0.39, 0.29) is 18.1 Å². The second kappa shape index (κ2) is 12.1. The van der Waals surface area contributed by atoms with E-state index in [1.54, 1.807) is 36.4 Å². The highest BCUT2D eigenvalue weighted by Gasteiger charge is 2.19. The Hall–Kier alpha value is -3.75. The molecular formula is C22H24FN3O5. The van der Waals surface area contributed by atoms with Crippen molar-refractivity contribution in [2.45, 2.75) is 20.0 Å². The van der Waals surface area contributed by atoms with Gasteiger partial charge in [0, 0.05) is 16.7 Å². The van der Waals surface area contributed by atoms with Crippen LogP contribution in [0.2, 0.25) is 0 Å². The van der Waals surface area contributed by atoms with E-state index in [1.165, 1.54) is 33.5 Å². The summed E-state index contributed by atoms with van der Waals surface area (Å²) in [4.78, 5) is 27.3. The van der Waals surface area contributed by atoms with Gasteiger partial charge in [0.05, 0.1) is 7.11 Å². The molecule has 0 radical (unpaired) electrons. The van der Waals surface area contributed by atoms with Gasteiger partial charge in [0.1, 0.15) is 38.1 Å². The highest BCUT2D eigenvalue weighted by molar-refractivity contribution is 6.48. The number of nitrogens with zero attached hydrogens (tertiary/aromatic N) is 3. The molecule has 0 heterocycles. The zero-order valence-electron chi connectivity index (χ0n) is 17.8. The van der Waals surface area contributed by atoms with Crippen LogP contribution >= 0.6 is 0 Å². The molecule has 2 aromatic carbocycles. The first-order valence-electron chi connectivity index (χ1n) is 9.39. The maximum atomic E-state index is 13.3. The zero-order chi connectivity index (χ0) is 22.6. The first-order valence-corrected chi connectivity index (χ1v) is 9.39. The number of hydrogen-bond donors (Lipinski definition) is 0. The van der Waals surface area contributed by atoms with Gasteiger partial charge in [-0.3, -0.25) is 0 Å². The molecule has 0 spiro atoms. The Kier molecular flexibility index (Phi) is 9.15. The smallest absolute Gasteiger partial charge is 0.360 e. The number of rotatable bonds is 10. The van der Waals surface area contributed by atoms with Crippen LogP contribution in [0.25, 0.3) is 0 Å². The molecular weight excluding hydrogens is 405 g/mol. The van der Waals surface area contributed by atoms with Crippen molar-refractivity contribution >= 4 is 23.1 Å². The molecule has 0 saturated heterocycles. The van der Waals surface area contributed by atoms with E-state index < -0.39 is 5.97 Å². The molecule has 0 aliphatic rings. The molecule has 0 unspecified atom stereocenters. The number of oxime groups is 3. The lowest BCUT2D eigenvalue weighted by atomic mass is 10.0. The Labute approximate surface area is 179 Å². The summed E-state index contributed by atoms with van der Waals surface area (Å²) < 4.78 is 18.0. The molecule has 0 bridgehead atoms. The van der Waals surface area contributed by atoms with Crippen LogP contribution in [-0.4, -0.2) is 44.4 Å². The van der Waals surface area contributed by atoms with Crippen molar-refractivity contribution in [2.24, 2.45) is 15.5 Å². The van der Waals surface area contributed by atoms with Crippen LogP contribution < -0.4 is 0 Å². The second-order valence-electron chi connectivity index (χ2n) is 6.07. The van der Waals surface area contributed by atoms with Crippen LogP contribution in [0, 0.1) is 5.82 Å². The van der Waals surface area contributed by atoms with Crippen LogP contribution in [0.4, 0.5) is 4.39 Å². The molecule has 164 valence electrons. The highest BCUT2D eigenvalue weighted by Crippen LogP contribution is 2.14. The molecule has 2 rings (SSSR count). The molecule has 0 fully saturated rings. The first-order chi connectivity index (χ1) is 15.0. The molecule has 0 atom stereocenters. The maximum Gasteiger partial charge on any atom is 0.360 e. The molecule has 31 heavy (non-hydrogen) atoms. The van der Waals surface area contributed by atoms with Gasteiger partial charge in [-0.2, -0.15) is 0 Å². The number of halogens is 1. The third-order valence-electron chi connectivity index (χ3n) is 4.14. The van der Waals surface area contributed by atoms with Gasteiger partial charge in [0.25, 0.3) is 0 Å². The fourth-order valence-corrected chi connectivity index (χ4v) is 2.69. The monoisotopic (exact) mass is 429 g/mol. The normalized spacial score (nSPS) is 12.4. The van der Waals surface area contributed by atoms with Gasteiger partial charge >= 0.3 is 5.97 Å². The SMILES string of the molecule is CCC(=N\OCc1ccccc1/C(=N/OC)C(=O)OC)/C(=N\OC)c1ccc(F)cc1. The number of ether oxygens (including phenoxy) is 1. The van der Waals surface area contributed by atoms with Crippen molar-refractivity contribution < 1.29 is 28.4 Å². The average Bonchev–Trinajstić information content (AvgIpc) is 2.80. The molecule has 0 N–H and O–H groups in total. The van der Waals surface area contributed by atoms with Gasteiger partial charge < -0.3 is 19.2 Å². The standard InChI is InChI=1S/C22H24FN3O5/c1-5-19(20(25-29-3)15-10-12-17(23)13-11-15)24-31-14-16-8-6-7-9-18(16)21(26-30-4)22(27)28-2/h6-13H,5,14H2,1-4H3/b24-19+,25-20-,26-21-. The summed E-state index contributed by atoms with van der Waals surface area (Å²) in [7, 11) is 4.01. The third-order valence-corrected chi connectivity index (χ3v) is 4.14. The molecule has 9 heteroatoms. The van der Waals surface area contributed by atoms with Gasteiger partial charge in [-0.25, -0.2) is 9.18 Å². The second-order valence-corrected chi connectivity index (χ2v) is 6.07. The van der Waals surface area contributed by atoms with E-state index in [9.17, 15) is 9.18 Å². The summed E-state index contributed by atoms with van der Waals surface area (Å²) in [6.07, 6.45) is 0.486. The van der Waals surface area contributed by atoms with Gasteiger partial charge in [0.15, 0.2) is 5.71 Å². The lowest BCUT2D eigenvalue weighted by Gasteiger charge is -2.11. The van der Waals surface area contributed by atoms with Gasteiger partial charge in [-0.15, -0.1) is 0 Å². The van der Waals surface area contributed by atoms with Gasteiger partial charge in [-0.1, -0.05) is 46.7 Å². The van der Waals surface area contributed by atoms with Gasteiger partial charge in [-0.05, 0) is 30.7 Å². The molecule has 0 amide bonds. The molecule has 0 aliphatic heterocycles. The Balaban J connectivity index is 2.29. The summed E-state index contributed by atoms with van der Waals surface area (Å²) in [5.41, 5.74) is 2.72. The van der Waals surface area contributed by atoms with E-state index >= 15 is 0 Å². The van der Waals surface area contributed by atoms with Crippen LogP contribution in [0.1, 0.15) is 30.0 Å². The number of hydrogen-bond acceptors (Lipinski definition) is 8. The van der Waals surface area contributed by atoms with Crippen molar-refractivity contribution in [1.82, 2.24) is 0 Å². The molecule has 0 aromatic heterocycles. The maximum absolute atomic E-state index is 13.3. The highest BCUT2D eigenvalue weighted by atomic mass is 19.1. The number of esters is 1. The minimum Gasteiger partial charge on any atom is -0.464 e. The number of benzene rings is 2. The molecule has 8 nitrogen and oxygen atoms in total. The largest absolute Gasteiger partial charge is 0.464 e. The van der Waals surface area contributed by atoms with E-state index in [4.69, 9.17) is 19.2 Å². The van der Waals surface area contributed by atoms with Crippen LogP contribution in [-0.2, 0) is 30.7 Å². The van der Waals surface area contributed by atoms with E-state index in [0.717, 1.165) is 0 Å². The predicted molar refractivity (Wildman–Crippen MR) is 114 cm³/mol. The summed E-state index contributed by atoms with van der Waals surface area (Å²) in [5.74, 6) is -1.000. The van der Waals surface area contributed by atoms with E-state index in [1.807, 2.05) is 6.92 Å². The number of methoxy groups -OCH3 is 1. The Morgan fingerprint density at radius 3 is 2.16 bits per heavy atom. The van der Waals surface area contributed by atoms with Crippen molar-refractivity contribution in [3.8, 4) is 0 Å². The Bertz CT molecular complexity index is 971. The van der Waals surface area contributed by atoms with E-state index in [0.29, 0.717) is 34.5 Å². The summed E-state index contributed by atoms with van der Waals surface area (Å²) in [6.45, 7) is 1.93. The zero-order valence-corrected chi connectivity index (χ0v) is 17.8. The minimum absolute atomic E-state index is 0.0110. The Morgan fingerprint density at radius 1 is 0.903 bits per heavy atom. The summed E-state index contributed by atoms with van der Waals surface area (Å²) >= 11 is 0. The van der Waals surface area contributed by atoms with Crippen molar-refractivity contribution in [3.05, 3.63) is 71.0 Å². The number of carbonyl (C=O) groups excluding carboxylic acids is 1. The predicted octanol–water partition coefficient (Wildman–Crippen LogP) is 3.68. The van der Waals surface area contributed by atoms with Crippen molar-refractivity contribution in [2.75, 3.05) is 21.3 Å². The first kappa shape index (κ1) is 23.5. The van der Waals surface area contributed by atoms with E-state index in [2.05, 4.69) is 15.5 Å². The van der Waals surface area contributed by atoms with Crippen LogP contribution in [0.15, 0.2) is 64.0 Å². The fourth-order valence-electron chi connectivity index (χ4n) is 2.69. The topological polar surface area (TPSA) is 91.1 Å². The van der Waals surface area contributed by atoms with Crippen molar-refractivity contribution in [1.29, 1.82) is 0 Å². The van der Waals surface area contributed by atoms with Crippen LogP contribution in [0.3, 0.4) is 0 Å².